The Morgan fingerprint density at radius 2 is 1.90 bits per heavy atom. The Kier molecular flexibility index (Phi) is 5.08. The number of anilines is 1. The molecule has 0 spiro atoms. The molecule has 0 fully saturated rings. The first-order chi connectivity index (χ1) is 15.0. The lowest BCUT2D eigenvalue weighted by Gasteiger charge is -2.12. The fraction of sp³-hybridized carbons (Fsp3) is 0.174. The number of halogens is 1. The number of hydrogen-bond donors (Lipinski definition) is 1. The van der Waals surface area contributed by atoms with Crippen LogP contribution < -0.4 is 5.32 Å². The van der Waals surface area contributed by atoms with Crippen molar-refractivity contribution in [3.05, 3.63) is 81.7 Å². The maximum Gasteiger partial charge on any atom is 0.262 e. The molecule has 0 bridgehead atoms. The summed E-state index contributed by atoms with van der Waals surface area (Å²) in [6.07, 6.45) is 0. The SMILES string of the molecule is Cc1ccc(-n2nc3c(c2NC(=O)c2c(-c4ccccc4Cl)noc2C)CSC3)cc1. The van der Waals surface area contributed by atoms with Gasteiger partial charge in [0.05, 0.1) is 16.4 Å². The van der Waals surface area contributed by atoms with Gasteiger partial charge < -0.3 is 9.84 Å². The first-order valence-corrected chi connectivity index (χ1v) is 11.3. The number of carbonyl (C=O) groups excluding carboxylic acids is 1. The lowest BCUT2D eigenvalue weighted by molar-refractivity contribution is 0.102. The fourth-order valence-corrected chi connectivity index (χ4v) is 4.92. The highest BCUT2D eigenvalue weighted by Crippen LogP contribution is 2.37. The van der Waals surface area contributed by atoms with E-state index >= 15 is 0 Å². The standard InChI is InChI=1S/C23H19ClN4O2S/c1-13-7-9-15(10-8-13)28-22(17-11-31-12-19(17)26-28)25-23(29)20-14(2)30-27-21(20)16-5-3-4-6-18(16)24/h3-10H,11-12H2,1-2H3,(H,25,29). The van der Waals surface area contributed by atoms with Crippen molar-refractivity contribution in [1.82, 2.24) is 14.9 Å². The van der Waals surface area contributed by atoms with Crippen LogP contribution in [0.1, 0.15) is 32.9 Å². The Morgan fingerprint density at radius 3 is 2.68 bits per heavy atom. The molecule has 6 nitrogen and oxygen atoms in total. The van der Waals surface area contributed by atoms with Gasteiger partial charge in [-0.3, -0.25) is 4.79 Å². The first-order valence-electron chi connectivity index (χ1n) is 9.81. The summed E-state index contributed by atoms with van der Waals surface area (Å²) in [5, 5.41) is 12.5. The summed E-state index contributed by atoms with van der Waals surface area (Å²) in [7, 11) is 0. The van der Waals surface area contributed by atoms with Crippen LogP contribution in [0, 0.1) is 13.8 Å². The van der Waals surface area contributed by atoms with Crippen LogP contribution in [-0.4, -0.2) is 20.8 Å². The van der Waals surface area contributed by atoms with Crippen LogP contribution >= 0.6 is 23.4 Å². The highest BCUT2D eigenvalue weighted by Gasteiger charge is 2.28. The maximum absolute atomic E-state index is 13.4. The lowest BCUT2D eigenvalue weighted by atomic mass is 10.1. The van der Waals surface area contributed by atoms with Crippen molar-refractivity contribution in [2.24, 2.45) is 0 Å². The number of nitrogens with one attached hydrogen (secondary N) is 1. The molecule has 3 heterocycles. The Balaban J connectivity index is 1.56. The third kappa shape index (κ3) is 3.54. The van der Waals surface area contributed by atoms with Crippen molar-refractivity contribution in [2.45, 2.75) is 25.4 Å². The van der Waals surface area contributed by atoms with Gasteiger partial charge in [0.2, 0.25) is 0 Å². The topological polar surface area (TPSA) is 73.0 Å². The van der Waals surface area contributed by atoms with Gasteiger partial charge in [-0.05, 0) is 32.0 Å². The summed E-state index contributed by atoms with van der Waals surface area (Å²) in [5.41, 5.74) is 5.54. The van der Waals surface area contributed by atoms with Crippen molar-refractivity contribution in [3.8, 4) is 16.9 Å². The third-order valence-electron chi connectivity index (χ3n) is 5.28. The molecule has 2 aromatic heterocycles. The van der Waals surface area contributed by atoms with E-state index in [1.807, 2.05) is 49.4 Å². The van der Waals surface area contributed by atoms with E-state index in [1.54, 1.807) is 29.4 Å². The van der Waals surface area contributed by atoms with E-state index < -0.39 is 0 Å². The van der Waals surface area contributed by atoms with Crippen LogP contribution in [0.15, 0.2) is 53.1 Å². The van der Waals surface area contributed by atoms with Gasteiger partial charge in [0, 0.05) is 22.6 Å². The summed E-state index contributed by atoms with van der Waals surface area (Å²) >= 11 is 8.14. The van der Waals surface area contributed by atoms with E-state index in [0.29, 0.717) is 33.4 Å². The van der Waals surface area contributed by atoms with E-state index in [9.17, 15) is 4.79 Å². The molecule has 0 unspecified atom stereocenters. The second kappa shape index (κ2) is 7.90. The zero-order valence-electron chi connectivity index (χ0n) is 17.0. The molecule has 0 atom stereocenters. The zero-order valence-corrected chi connectivity index (χ0v) is 18.5. The van der Waals surface area contributed by atoms with E-state index in [-0.39, 0.29) is 5.91 Å². The van der Waals surface area contributed by atoms with Gasteiger partial charge in [0.15, 0.2) is 0 Å². The predicted molar refractivity (Wildman–Crippen MR) is 123 cm³/mol. The molecular weight excluding hydrogens is 432 g/mol. The van der Waals surface area contributed by atoms with E-state index in [0.717, 1.165) is 34.0 Å². The molecule has 5 rings (SSSR count). The number of carbonyl (C=O) groups is 1. The zero-order chi connectivity index (χ0) is 21.5. The number of aromatic nitrogens is 3. The van der Waals surface area contributed by atoms with Crippen molar-refractivity contribution in [1.29, 1.82) is 0 Å². The lowest BCUT2D eigenvalue weighted by Crippen LogP contribution is -2.17. The smallest absolute Gasteiger partial charge is 0.262 e. The molecule has 1 aliphatic heterocycles. The van der Waals surface area contributed by atoms with Crippen molar-refractivity contribution < 1.29 is 9.32 Å². The number of rotatable bonds is 4. The molecule has 156 valence electrons. The number of aryl methyl sites for hydroxylation is 2. The summed E-state index contributed by atoms with van der Waals surface area (Å²) in [6.45, 7) is 3.76. The van der Waals surface area contributed by atoms with E-state index in [2.05, 4.69) is 10.5 Å². The molecular formula is C23H19ClN4O2S. The summed E-state index contributed by atoms with van der Waals surface area (Å²) in [6, 6.07) is 15.3. The molecule has 1 amide bonds. The molecule has 8 heteroatoms. The number of benzene rings is 2. The second-order valence-corrected chi connectivity index (χ2v) is 8.80. The van der Waals surface area contributed by atoms with Crippen LogP contribution in [0.2, 0.25) is 5.02 Å². The van der Waals surface area contributed by atoms with Gasteiger partial charge in [-0.25, -0.2) is 4.68 Å². The van der Waals surface area contributed by atoms with Gasteiger partial charge in [-0.1, -0.05) is 52.7 Å². The highest BCUT2D eigenvalue weighted by molar-refractivity contribution is 7.98. The van der Waals surface area contributed by atoms with Crippen LogP contribution in [0.25, 0.3) is 16.9 Å². The number of amides is 1. The Morgan fingerprint density at radius 1 is 1.13 bits per heavy atom. The number of hydrogen-bond acceptors (Lipinski definition) is 5. The van der Waals surface area contributed by atoms with E-state index in [4.69, 9.17) is 21.2 Å². The van der Waals surface area contributed by atoms with Crippen LogP contribution in [0.5, 0.6) is 0 Å². The predicted octanol–water partition coefficient (Wildman–Crippen LogP) is 5.80. The Labute approximate surface area is 188 Å². The van der Waals surface area contributed by atoms with Crippen LogP contribution in [-0.2, 0) is 11.5 Å². The molecule has 0 saturated heterocycles. The molecule has 0 radical (unpaired) electrons. The molecule has 1 aliphatic rings. The van der Waals surface area contributed by atoms with Crippen molar-refractivity contribution >= 4 is 35.1 Å². The largest absolute Gasteiger partial charge is 0.360 e. The van der Waals surface area contributed by atoms with E-state index in [1.165, 1.54) is 0 Å². The van der Waals surface area contributed by atoms with Gasteiger partial charge in [0.25, 0.3) is 5.91 Å². The fourth-order valence-electron chi connectivity index (χ4n) is 3.66. The molecule has 4 aromatic rings. The molecule has 2 aromatic carbocycles. The first kappa shape index (κ1) is 19.9. The van der Waals surface area contributed by atoms with Crippen LogP contribution in [0.4, 0.5) is 5.82 Å². The van der Waals surface area contributed by atoms with Gasteiger partial charge in [-0.15, -0.1) is 0 Å². The number of thioether (sulfide) groups is 1. The van der Waals surface area contributed by atoms with Crippen molar-refractivity contribution in [2.75, 3.05) is 5.32 Å². The van der Waals surface area contributed by atoms with Gasteiger partial charge >= 0.3 is 0 Å². The van der Waals surface area contributed by atoms with Gasteiger partial charge in [0.1, 0.15) is 22.8 Å². The average Bonchev–Trinajstić information content (AvgIpc) is 3.45. The summed E-state index contributed by atoms with van der Waals surface area (Å²) in [4.78, 5) is 13.4. The molecule has 1 N–H and O–H groups in total. The normalized spacial score (nSPS) is 12.7. The quantitative estimate of drug-likeness (QED) is 0.425. The Bertz CT molecular complexity index is 1290. The number of fused-ring (bicyclic) bond motifs is 1. The average molecular weight is 451 g/mol. The minimum Gasteiger partial charge on any atom is -0.360 e. The van der Waals surface area contributed by atoms with Gasteiger partial charge in [-0.2, -0.15) is 16.9 Å². The summed E-state index contributed by atoms with van der Waals surface area (Å²) < 4.78 is 7.18. The van der Waals surface area contributed by atoms with Crippen molar-refractivity contribution in [3.63, 3.8) is 0 Å². The number of nitrogens with zero attached hydrogens (tertiary/aromatic N) is 3. The summed E-state index contributed by atoms with van der Waals surface area (Å²) in [5.74, 6) is 2.44. The van der Waals surface area contributed by atoms with Crippen LogP contribution in [0.3, 0.4) is 0 Å². The minimum atomic E-state index is -0.304. The third-order valence-corrected chi connectivity index (χ3v) is 6.58. The molecule has 0 aliphatic carbocycles. The molecule has 0 saturated carbocycles. The Hall–Kier alpha value is -3.03. The monoisotopic (exact) mass is 450 g/mol. The maximum atomic E-state index is 13.4. The minimum absolute atomic E-state index is 0.304. The second-order valence-electron chi connectivity index (χ2n) is 7.41. The highest BCUT2D eigenvalue weighted by atomic mass is 35.5. The molecule has 31 heavy (non-hydrogen) atoms.